The molecule has 0 spiro atoms. The summed E-state index contributed by atoms with van der Waals surface area (Å²) in [5, 5.41) is 12.0. The van der Waals surface area contributed by atoms with Crippen molar-refractivity contribution in [1.82, 2.24) is 18.7 Å². The summed E-state index contributed by atoms with van der Waals surface area (Å²) < 4.78 is 21.2. The van der Waals surface area contributed by atoms with E-state index in [-0.39, 0.29) is 0 Å². The smallest absolute Gasteiger partial charge is 0.159 e. The molecule has 1 N–H and O–H groups in total. The van der Waals surface area contributed by atoms with Gasteiger partial charge in [-0.05, 0) is 111 Å². The Morgan fingerprint density at radius 3 is 1.25 bits per heavy atom. The molecule has 0 aliphatic heterocycles. The molecule has 0 radical (unpaired) electrons. The van der Waals surface area contributed by atoms with Gasteiger partial charge in [0.15, 0.2) is 5.58 Å². The number of furan rings is 2. The van der Waals surface area contributed by atoms with Crippen LogP contribution in [0, 0.1) is 0 Å². The van der Waals surface area contributed by atoms with E-state index in [2.05, 4.69) is 344 Å². The lowest BCUT2D eigenvalue weighted by molar-refractivity contribution is 0.667. The molecule has 6 aromatic heterocycles. The molecule has 0 amide bonds. The van der Waals surface area contributed by atoms with Crippen molar-refractivity contribution in [3.05, 3.63) is 344 Å². The van der Waals surface area contributed by atoms with Crippen molar-refractivity contribution in [3.8, 4) is 61.8 Å². The summed E-state index contributed by atoms with van der Waals surface area (Å²) in [5.41, 5.74) is 23.4. The summed E-state index contributed by atoms with van der Waals surface area (Å²) in [6.07, 6.45) is 0. The number of H-pyrrole nitrogens is 1. The molecule has 7 heteroatoms. The van der Waals surface area contributed by atoms with Gasteiger partial charge in [0.05, 0.1) is 49.1 Å². The van der Waals surface area contributed by atoms with Gasteiger partial charge in [-0.25, -0.2) is 0 Å². The third-order valence-corrected chi connectivity index (χ3v) is 19.3. The number of rotatable bonds is 7. The van der Waals surface area contributed by atoms with Crippen LogP contribution in [0.4, 0.5) is 0 Å². The number of aromatic nitrogens is 4. The molecule has 0 aliphatic rings. The highest BCUT2D eigenvalue weighted by molar-refractivity contribution is 9.10. The highest BCUT2D eigenvalue weighted by Crippen LogP contribution is 2.46. The van der Waals surface area contributed by atoms with Gasteiger partial charge < -0.3 is 27.5 Å². The number of fused-ring (bicyclic) bond motifs is 16. The molecule has 6 heterocycles. The van der Waals surface area contributed by atoms with Crippen molar-refractivity contribution in [2.75, 3.05) is 0 Å². The van der Waals surface area contributed by atoms with Crippen LogP contribution in [-0.2, 0) is 0 Å². The van der Waals surface area contributed by atoms with Gasteiger partial charge in [0, 0.05) is 81.9 Å². The lowest BCUT2D eigenvalue weighted by Gasteiger charge is -2.12. The molecule has 6 nitrogen and oxygen atoms in total. The lowest BCUT2D eigenvalue weighted by atomic mass is 10.0. The van der Waals surface area contributed by atoms with Crippen molar-refractivity contribution in [3.63, 3.8) is 0 Å². The van der Waals surface area contributed by atoms with Gasteiger partial charge in [0.25, 0.3) is 0 Å². The highest BCUT2D eigenvalue weighted by atomic mass is 79.9. The molecule has 95 heavy (non-hydrogen) atoms. The number of nitrogens with one attached hydrogen (secondary N) is 1. The van der Waals surface area contributed by atoms with Crippen LogP contribution in [0.3, 0.4) is 0 Å². The van der Waals surface area contributed by atoms with Crippen LogP contribution >= 0.6 is 15.9 Å². The van der Waals surface area contributed by atoms with E-state index in [1.54, 1.807) is 0 Å². The van der Waals surface area contributed by atoms with E-state index in [0.29, 0.717) is 0 Å². The van der Waals surface area contributed by atoms with E-state index < -0.39 is 0 Å². The van der Waals surface area contributed by atoms with Crippen molar-refractivity contribution in [2.45, 2.75) is 0 Å². The molecule has 14 aromatic carbocycles. The van der Waals surface area contributed by atoms with E-state index in [1.165, 1.54) is 82.5 Å². The summed E-state index contributed by atoms with van der Waals surface area (Å²) in [6, 6.07) is 120. The van der Waals surface area contributed by atoms with Gasteiger partial charge in [-0.1, -0.05) is 267 Å². The van der Waals surface area contributed by atoms with Gasteiger partial charge >= 0.3 is 0 Å². The normalized spacial score (nSPS) is 11.6. The molecule has 0 unspecified atom stereocenters. The Morgan fingerprint density at radius 2 is 0.674 bits per heavy atom. The first-order valence-corrected chi connectivity index (χ1v) is 32.9. The quantitative estimate of drug-likeness (QED) is 0.173. The summed E-state index contributed by atoms with van der Waals surface area (Å²) in [7, 11) is 0. The van der Waals surface area contributed by atoms with Gasteiger partial charge in [0.1, 0.15) is 16.7 Å². The first kappa shape index (κ1) is 55.7. The monoisotopic (exact) mass is 1280 g/mol. The average molecular weight is 1280 g/mol. The Bertz CT molecular complexity index is 6260. The van der Waals surface area contributed by atoms with E-state index in [0.717, 1.165) is 93.1 Å². The number of hydrogen-bond acceptors (Lipinski definition) is 2. The molecular formula is C88H57BrN4O2. The largest absolute Gasteiger partial charge is 0.454 e. The maximum atomic E-state index is 6.94. The summed E-state index contributed by atoms with van der Waals surface area (Å²) in [6.45, 7) is 0. The predicted octanol–water partition coefficient (Wildman–Crippen LogP) is 24.9. The van der Waals surface area contributed by atoms with Crippen LogP contribution in [0.15, 0.2) is 353 Å². The number of nitrogens with zero attached hydrogens (tertiary/aromatic N) is 3. The second-order valence-corrected chi connectivity index (χ2v) is 24.9. The molecule has 0 bridgehead atoms. The molecule has 0 fully saturated rings. The molecule has 448 valence electrons. The third-order valence-electron chi connectivity index (χ3n) is 18.6. The van der Waals surface area contributed by atoms with Crippen LogP contribution in [0.1, 0.15) is 0 Å². The van der Waals surface area contributed by atoms with Gasteiger partial charge in [-0.15, -0.1) is 0 Å². The minimum atomic E-state index is 0.885. The molecule has 20 rings (SSSR count). The van der Waals surface area contributed by atoms with Crippen LogP contribution in [0.5, 0.6) is 0 Å². The lowest BCUT2D eigenvalue weighted by Crippen LogP contribution is -1.97. The van der Waals surface area contributed by atoms with Crippen LogP contribution in [0.25, 0.3) is 171 Å². The Morgan fingerprint density at radius 1 is 0.263 bits per heavy atom. The molecule has 0 aliphatic carbocycles. The molecule has 20 aromatic rings. The van der Waals surface area contributed by atoms with Crippen molar-refractivity contribution in [1.29, 1.82) is 0 Å². The summed E-state index contributed by atoms with van der Waals surface area (Å²) in [5.74, 6) is 0. The molecular weight excluding hydrogens is 1220 g/mol. The van der Waals surface area contributed by atoms with Crippen molar-refractivity contribution < 1.29 is 8.83 Å². The molecule has 0 saturated heterocycles. The van der Waals surface area contributed by atoms with Crippen LogP contribution in [0.2, 0.25) is 0 Å². The first-order valence-electron chi connectivity index (χ1n) is 32.1. The number of halogens is 1. The van der Waals surface area contributed by atoms with Gasteiger partial charge in [-0.2, -0.15) is 0 Å². The maximum absolute atomic E-state index is 6.94. The zero-order valence-electron chi connectivity index (χ0n) is 51.4. The highest BCUT2D eigenvalue weighted by Gasteiger charge is 2.24. The van der Waals surface area contributed by atoms with Crippen molar-refractivity contribution in [2.24, 2.45) is 0 Å². The summed E-state index contributed by atoms with van der Waals surface area (Å²) in [4.78, 5) is 3.65. The number of hydrogen-bond donors (Lipinski definition) is 1. The average Bonchev–Trinajstić information content (AvgIpc) is 1.56. The topological polar surface area (TPSA) is 56.9 Å². The van der Waals surface area contributed by atoms with Crippen molar-refractivity contribution >= 4 is 125 Å². The third kappa shape index (κ3) is 9.38. The van der Waals surface area contributed by atoms with Gasteiger partial charge in [-0.3, -0.25) is 0 Å². The minimum absolute atomic E-state index is 0.885. The van der Waals surface area contributed by atoms with E-state index in [9.17, 15) is 0 Å². The Labute approximate surface area is 555 Å². The zero-order chi connectivity index (χ0) is 62.9. The Hall–Kier alpha value is -12.2. The number of para-hydroxylation sites is 8. The maximum Gasteiger partial charge on any atom is 0.159 e. The fourth-order valence-corrected chi connectivity index (χ4v) is 14.9. The standard InChI is InChI=1S/C44H28N2O.C26H18N2.C18H11BrO/c1-4-14-29(15-5-1)32-21-12-22-35-36-23-13-25-40(44(36)47-43(32)35)46-38-24-11-10-20-33(38)34-26-27-39-37(42(34)46)28-41(30-16-6-2-7-17-30)45(39)31-18-8-3-9-19-31;1-3-9-18(10-4-1)25-17-22-24(28(25)19-11-5-2-6-12-19)16-15-21-20-13-7-8-14-23(20)27-26(21)22;19-16-11-5-10-15-14-9-4-8-13(17(14)20-18(15)16)12-6-2-1-3-7-12/h1-28H;1-17,27H;1-11H. The number of benzene rings is 14. The zero-order valence-corrected chi connectivity index (χ0v) is 53.0. The second-order valence-electron chi connectivity index (χ2n) is 24.0. The molecule has 0 saturated carbocycles. The fourth-order valence-electron chi connectivity index (χ4n) is 14.4. The van der Waals surface area contributed by atoms with E-state index >= 15 is 0 Å². The Kier molecular flexibility index (Phi) is 13.6. The SMILES string of the molecule is Brc1cccc2c1oc1c(-c3ccccc3)cccc12.c1ccc(-c2cc3c4[nH]c5ccccc5c4ccc3n2-c2ccccc2)cc1.c1ccc(-c2cccc3c2oc2c(-n4c5ccccc5c5ccc6c(cc(-c7ccccc7)n6-c6ccccc6)c54)cccc23)cc1. The first-order chi connectivity index (χ1) is 47.1. The van der Waals surface area contributed by atoms with E-state index in [4.69, 9.17) is 8.83 Å². The van der Waals surface area contributed by atoms with Crippen LogP contribution in [-0.4, -0.2) is 18.7 Å². The summed E-state index contributed by atoms with van der Waals surface area (Å²) >= 11 is 3.56. The molecule has 0 atom stereocenters. The van der Waals surface area contributed by atoms with Gasteiger partial charge in [0.2, 0.25) is 0 Å². The fraction of sp³-hybridized carbons (Fsp3) is 0. The van der Waals surface area contributed by atoms with E-state index in [1.807, 2.05) is 30.3 Å². The number of aromatic amines is 1. The predicted molar refractivity (Wildman–Crippen MR) is 401 cm³/mol. The Balaban J connectivity index is 0.000000116. The second kappa shape index (κ2) is 23.2. The van der Waals surface area contributed by atoms with Crippen LogP contribution < -0.4 is 0 Å². The minimum Gasteiger partial charge on any atom is -0.454 e.